The van der Waals surface area contributed by atoms with Crippen molar-refractivity contribution in [1.82, 2.24) is 9.80 Å². The first-order valence-electron chi connectivity index (χ1n) is 9.75. The third kappa shape index (κ3) is 4.59. The number of nitrogens with zero attached hydrogens (tertiary/aromatic N) is 3. The number of benzene rings is 1. The lowest BCUT2D eigenvalue weighted by Gasteiger charge is -2.39. The van der Waals surface area contributed by atoms with Crippen LogP contribution in [0.25, 0.3) is 0 Å². The van der Waals surface area contributed by atoms with E-state index in [0.717, 1.165) is 25.3 Å². The van der Waals surface area contributed by atoms with Crippen molar-refractivity contribution in [2.24, 2.45) is 5.92 Å². The predicted octanol–water partition coefficient (Wildman–Crippen LogP) is 3.51. The zero-order valence-corrected chi connectivity index (χ0v) is 15.6. The fourth-order valence-corrected chi connectivity index (χ4v) is 4.44. The summed E-state index contributed by atoms with van der Waals surface area (Å²) in [6.07, 6.45) is 6.95. The van der Waals surface area contributed by atoms with Gasteiger partial charge in [0.25, 0.3) is 5.69 Å². The second-order valence-corrected chi connectivity index (χ2v) is 7.85. The minimum absolute atomic E-state index is 0.233. The highest BCUT2D eigenvalue weighted by Crippen LogP contribution is 2.29. The highest BCUT2D eigenvalue weighted by Gasteiger charge is 2.28. The van der Waals surface area contributed by atoms with Crippen LogP contribution in [0, 0.1) is 16.0 Å². The van der Waals surface area contributed by atoms with Crippen LogP contribution >= 0.6 is 0 Å². The molecule has 5 heteroatoms. The van der Waals surface area contributed by atoms with E-state index in [9.17, 15) is 10.1 Å². The van der Waals surface area contributed by atoms with Crippen LogP contribution in [0.2, 0.25) is 0 Å². The number of aryl methyl sites for hydroxylation is 1. The predicted molar refractivity (Wildman–Crippen MR) is 101 cm³/mol. The van der Waals surface area contributed by atoms with E-state index in [0.29, 0.717) is 6.04 Å². The fourth-order valence-electron chi connectivity index (χ4n) is 4.44. The zero-order valence-electron chi connectivity index (χ0n) is 15.6. The van der Waals surface area contributed by atoms with Gasteiger partial charge in [-0.3, -0.25) is 15.0 Å². The summed E-state index contributed by atoms with van der Waals surface area (Å²) in [6.45, 7) is 7.01. The number of non-ortho nitro benzene ring substituents is 1. The van der Waals surface area contributed by atoms with Crippen molar-refractivity contribution < 1.29 is 4.92 Å². The van der Waals surface area contributed by atoms with Gasteiger partial charge in [0.15, 0.2) is 0 Å². The summed E-state index contributed by atoms with van der Waals surface area (Å²) in [5.41, 5.74) is 2.73. The lowest BCUT2D eigenvalue weighted by molar-refractivity contribution is -0.384. The maximum absolute atomic E-state index is 11.1. The van der Waals surface area contributed by atoms with Crippen molar-refractivity contribution in [2.75, 3.05) is 33.2 Å². The summed E-state index contributed by atoms with van der Waals surface area (Å²) in [5, 5.41) is 11.1. The first-order chi connectivity index (χ1) is 12.1. The molecule has 1 saturated heterocycles. The molecule has 0 N–H and O–H groups in total. The van der Waals surface area contributed by atoms with Gasteiger partial charge in [-0.25, -0.2) is 0 Å². The van der Waals surface area contributed by atoms with E-state index in [1.165, 1.54) is 56.4 Å². The monoisotopic (exact) mass is 345 g/mol. The Bertz CT molecular complexity index is 597. The second-order valence-electron chi connectivity index (χ2n) is 7.85. The maximum atomic E-state index is 11.1. The Balaban J connectivity index is 1.68. The molecule has 0 bridgehead atoms. The molecule has 5 nitrogen and oxygen atoms in total. The summed E-state index contributed by atoms with van der Waals surface area (Å²) < 4.78 is 0. The van der Waals surface area contributed by atoms with Crippen LogP contribution in [0.1, 0.15) is 43.7 Å². The molecule has 0 saturated carbocycles. The van der Waals surface area contributed by atoms with Gasteiger partial charge in [0.1, 0.15) is 0 Å². The Hall–Kier alpha value is -1.46. The van der Waals surface area contributed by atoms with Crippen molar-refractivity contribution in [3.8, 4) is 0 Å². The van der Waals surface area contributed by atoms with E-state index >= 15 is 0 Å². The number of hydrogen-bond acceptors (Lipinski definition) is 4. The van der Waals surface area contributed by atoms with Gasteiger partial charge in [0.05, 0.1) is 4.92 Å². The van der Waals surface area contributed by atoms with Gasteiger partial charge in [-0.2, -0.15) is 0 Å². The van der Waals surface area contributed by atoms with Gasteiger partial charge >= 0.3 is 0 Å². The quantitative estimate of drug-likeness (QED) is 0.585. The summed E-state index contributed by atoms with van der Waals surface area (Å²) >= 11 is 0. The molecule has 1 fully saturated rings. The van der Waals surface area contributed by atoms with E-state index in [-0.39, 0.29) is 10.6 Å². The van der Waals surface area contributed by atoms with Gasteiger partial charge in [-0.1, -0.05) is 13.0 Å². The second kappa shape index (κ2) is 8.28. The molecule has 1 heterocycles. The average molecular weight is 345 g/mol. The first-order valence-corrected chi connectivity index (χ1v) is 9.75. The lowest BCUT2D eigenvalue weighted by atomic mass is 9.86. The average Bonchev–Trinajstić information content (AvgIpc) is 2.62. The molecule has 0 spiro atoms. The lowest BCUT2D eigenvalue weighted by Crippen LogP contribution is -2.44. The summed E-state index contributed by atoms with van der Waals surface area (Å²) in [7, 11) is 2.21. The highest BCUT2D eigenvalue weighted by molar-refractivity contribution is 5.41. The number of fused-ring (bicyclic) bond motifs is 1. The Morgan fingerprint density at radius 1 is 1.24 bits per heavy atom. The highest BCUT2D eigenvalue weighted by atomic mass is 16.6. The maximum Gasteiger partial charge on any atom is 0.269 e. The summed E-state index contributed by atoms with van der Waals surface area (Å²) in [5.74, 6) is 0.800. The minimum atomic E-state index is -0.272. The van der Waals surface area contributed by atoms with Crippen LogP contribution in [-0.4, -0.2) is 54.0 Å². The van der Waals surface area contributed by atoms with Crippen molar-refractivity contribution in [3.05, 3.63) is 39.4 Å². The molecule has 0 radical (unpaired) electrons. The van der Waals surface area contributed by atoms with Crippen molar-refractivity contribution >= 4 is 5.69 Å². The Morgan fingerprint density at radius 2 is 2.00 bits per heavy atom. The molecular weight excluding hydrogens is 314 g/mol. The van der Waals surface area contributed by atoms with Crippen LogP contribution < -0.4 is 0 Å². The normalized spacial score (nSPS) is 22.1. The standard InChI is InChI=1S/C20H31N3O2/c1-3-10-22(15-16-8-11-21(2)12-9-16)19-6-4-17-5-7-20(23(24)25)14-18(17)13-19/h5,7,14,16,19H,3-4,6,8-13,15H2,1-2H3. The zero-order chi connectivity index (χ0) is 17.8. The number of nitro benzene ring substituents is 1. The Labute approximate surface area is 151 Å². The molecule has 138 valence electrons. The number of rotatable bonds is 6. The van der Waals surface area contributed by atoms with E-state index in [1.54, 1.807) is 12.1 Å². The third-order valence-electron chi connectivity index (χ3n) is 5.96. The molecule has 0 amide bonds. The van der Waals surface area contributed by atoms with E-state index < -0.39 is 0 Å². The van der Waals surface area contributed by atoms with Crippen molar-refractivity contribution in [2.45, 2.75) is 51.5 Å². The van der Waals surface area contributed by atoms with Gasteiger partial charge in [-0.15, -0.1) is 0 Å². The number of piperidine rings is 1. The van der Waals surface area contributed by atoms with Crippen molar-refractivity contribution in [3.63, 3.8) is 0 Å². The molecule has 2 aliphatic rings. The molecule has 1 unspecified atom stereocenters. The van der Waals surface area contributed by atoms with Gasteiger partial charge in [0, 0.05) is 24.7 Å². The van der Waals surface area contributed by atoms with Crippen LogP contribution in [0.4, 0.5) is 5.69 Å². The SMILES string of the molecule is CCCN(CC1CCN(C)CC1)C1CCc2ccc([N+](=O)[O-])cc2C1. The molecular formula is C20H31N3O2. The molecule has 0 aromatic heterocycles. The van der Waals surface area contributed by atoms with Crippen LogP contribution in [0.3, 0.4) is 0 Å². The molecule has 1 aliphatic carbocycles. The number of hydrogen-bond donors (Lipinski definition) is 0. The van der Waals surface area contributed by atoms with E-state index in [1.807, 2.05) is 6.07 Å². The van der Waals surface area contributed by atoms with Gasteiger partial charge < -0.3 is 4.90 Å². The minimum Gasteiger partial charge on any atom is -0.306 e. The van der Waals surface area contributed by atoms with Crippen LogP contribution in [-0.2, 0) is 12.8 Å². The number of likely N-dealkylation sites (tertiary alicyclic amines) is 1. The molecule has 1 aromatic carbocycles. The molecule has 1 aromatic rings. The van der Waals surface area contributed by atoms with Gasteiger partial charge in [0.2, 0.25) is 0 Å². The van der Waals surface area contributed by atoms with Crippen LogP contribution in [0.15, 0.2) is 18.2 Å². The van der Waals surface area contributed by atoms with E-state index in [4.69, 9.17) is 0 Å². The molecule has 1 atom stereocenters. The summed E-state index contributed by atoms with van der Waals surface area (Å²) in [4.78, 5) is 15.9. The topological polar surface area (TPSA) is 49.6 Å². The number of nitro groups is 1. The third-order valence-corrected chi connectivity index (χ3v) is 5.96. The largest absolute Gasteiger partial charge is 0.306 e. The fraction of sp³-hybridized carbons (Fsp3) is 0.700. The smallest absolute Gasteiger partial charge is 0.269 e. The van der Waals surface area contributed by atoms with Crippen LogP contribution in [0.5, 0.6) is 0 Å². The molecule has 1 aliphatic heterocycles. The Morgan fingerprint density at radius 3 is 2.68 bits per heavy atom. The molecule has 25 heavy (non-hydrogen) atoms. The van der Waals surface area contributed by atoms with Crippen molar-refractivity contribution in [1.29, 1.82) is 0 Å². The Kier molecular flexibility index (Phi) is 6.07. The summed E-state index contributed by atoms with van der Waals surface area (Å²) in [6, 6.07) is 5.96. The van der Waals surface area contributed by atoms with E-state index in [2.05, 4.69) is 23.8 Å². The molecule has 3 rings (SSSR count). The first kappa shape index (κ1) is 18.3. The van der Waals surface area contributed by atoms with Gasteiger partial charge in [-0.05, 0) is 82.3 Å².